The number of hydrogen-bond donors (Lipinski definition) is 2. The van der Waals surface area contributed by atoms with Gasteiger partial charge in [0, 0.05) is 6.42 Å². The molecule has 1 aromatic carbocycles. The molecule has 0 radical (unpaired) electrons. The van der Waals surface area contributed by atoms with Gasteiger partial charge in [-0.1, -0.05) is 30.7 Å². The quantitative estimate of drug-likeness (QED) is 0.843. The van der Waals surface area contributed by atoms with Crippen LogP contribution in [-0.4, -0.2) is 38.3 Å². The van der Waals surface area contributed by atoms with E-state index >= 15 is 0 Å². The largest absolute Gasteiger partial charge is 0.480 e. The third kappa shape index (κ3) is 3.62. The molecule has 22 heavy (non-hydrogen) atoms. The summed E-state index contributed by atoms with van der Waals surface area (Å²) in [4.78, 5) is 26.6. The molecule has 1 aromatic heterocycles. The lowest BCUT2D eigenvalue weighted by Gasteiger charge is -2.06. The maximum Gasteiger partial charge on any atom is 0.322 e. The summed E-state index contributed by atoms with van der Waals surface area (Å²) < 4.78 is 1.52. The van der Waals surface area contributed by atoms with Gasteiger partial charge in [-0.25, -0.2) is 9.67 Å². The second kappa shape index (κ2) is 7.04. The highest BCUT2D eigenvalue weighted by atomic mass is 35.5. The molecule has 0 fully saturated rings. The number of benzene rings is 1. The van der Waals surface area contributed by atoms with Gasteiger partial charge in [0.05, 0.1) is 10.7 Å². The van der Waals surface area contributed by atoms with Crippen LogP contribution < -0.4 is 5.32 Å². The molecule has 0 aliphatic rings. The van der Waals surface area contributed by atoms with Crippen molar-refractivity contribution in [3.05, 3.63) is 40.9 Å². The number of halogens is 1. The molecule has 2 N–H and O–H groups in total. The van der Waals surface area contributed by atoms with Crippen molar-refractivity contribution in [1.29, 1.82) is 0 Å². The molecule has 0 aliphatic carbocycles. The molecule has 2 aromatic rings. The zero-order valence-electron chi connectivity index (χ0n) is 11.9. The summed E-state index contributed by atoms with van der Waals surface area (Å²) in [5.41, 5.74) is 0.623. The van der Waals surface area contributed by atoms with Gasteiger partial charge < -0.3 is 10.4 Å². The smallest absolute Gasteiger partial charge is 0.322 e. The van der Waals surface area contributed by atoms with E-state index in [1.54, 1.807) is 18.2 Å². The summed E-state index contributed by atoms with van der Waals surface area (Å²) in [6, 6.07) is 7.10. The van der Waals surface area contributed by atoms with Crippen molar-refractivity contribution in [3.63, 3.8) is 0 Å². The zero-order chi connectivity index (χ0) is 16.1. The predicted molar refractivity (Wildman–Crippen MR) is 80.3 cm³/mol. The summed E-state index contributed by atoms with van der Waals surface area (Å²) in [6.45, 7) is 1.50. The van der Waals surface area contributed by atoms with Gasteiger partial charge in [-0.05, 0) is 18.6 Å². The lowest BCUT2D eigenvalue weighted by Crippen LogP contribution is -2.30. The van der Waals surface area contributed by atoms with Crippen molar-refractivity contribution in [1.82, 2.24) is 20.1 Å². The number of aliphatic carboxylic acids is 1. The Morgan fingerprint density at radius 1 is 1.36 bits per heavy atom. The Morgan fingerprint density at radius 3 is 2.73 bits per heavy atom. The first-order valence-corrected chi connectivity index (χ1v) is 7.11. The minimum Gasteiger partial charge on any atom is -0.480 e. The van der Waals surface area contributed by atoms with E-state index in [1.165, 1.54) is 4.68 Å². The fraction of sp³-hybridized carbons (Fsp3) is 0.286. The summed E-state index contributed by atoms with van der Waals surface area (Å²) in [5, 5.41) is 15.5. The van der Waals surface area contributed by atoms with Crippen LogP contribution in [0.1, 0.15) is 29.8 Å². The molecular weight excluding hydrogens is 308 g/mol. The molecule has 0 bridgehead atoms. The minimum atomic E-state index is -1.13. The van der Waals surface area contributed by atoms with E-state index in [4.69, 9.17) is 16.7 Å². The van der Waals surface area contributed by atoms with Gasteiger partial charge in [-0.3, -0.25) is 9.59 Å². The van der Waals surface area contributed by atoms with Crippen molar-refractivity contribution in [2.75, 3.05) is 6.54 Å². The van der Waals surface area contributed by atoms with E-state index in [0.29, 0.717) is 23.0 Å². The van der Waals surface area contributed by atoms with Crippen molar-refractivity contribution in [2.45, 2.75) is 19.8 Å². The first kappa shape index (κ1) is 16.0. The number of carbonyl (C=O) groups is 2. The van der Waals surface area contributed by atoms with Gasteiger partial charge in [-0.15, -0.1) is 5.10 Å². The first-order chi connectivity index (χ1) is 10.5. The highest BCUT2D eigenvalue weighted by molar-refractivity contribution is 6.32. The fourth-order valence-corrected chi connectivity index (χ4v) is 2.09. The zero-order valence-corrected chi connectivity index (χ0v) is 12.7. The Bertz CT molecular complexity index is 699. The first-order valence-electron chi connectivity index (χ1n) is 6.73. The van der Waals surface area contributed by atoms with Crippen molar-refractivity contribution in [3.8, 4) is 5.69 Å². The molecule has 8 heteroatoms. The van der Waals surface area contributed by atoms with E-state index in [0.717, 1.165) is 6.42 Å². The molecule has 0 spiro atoms. The van der Waals surface area contributed by atoms with Crippen molar-refractivity contribution < 1.29 is 14.7 Å². The Morgan fingerprint density at radius 2 is 2.09 bits per heavy atom. The molecule has 0 saturated heterocycles. The summed E-state index contributed by atoms with van der Waals surface area (Å²) in [6.07, 6.45) is 1.43. The number of rotatable bonds is 6. The van der Waals surface area contributed by atoms with Crippen molar-refractivity contribution in [2.24, 2.45) is 0 Å². The number of hydrogen-bond acceptors (Lipinski definition) is 4. The number of aromatic nitrogens is 3. The topological polar surface area (TPSA) is 97.1 Å². The molecule has 2 rings (SSSR count). The number of carboxylic acid groups (broad SMARTS) is 1. The summed E-state index contributed by atoms with van der Waals surface area (Å²) in [7, 11) is 0. The number of carboxylic acids is 1. The standard InChI is InChI=1S/C14H15ClN4O3/c1-2-5-11-17-13(14(22)16-8-12(20)21)18-19(11)10-7-4-3-6-9(10)15/h3-4,6-7H,2,5,8H2,1H3,(H,16,22)(H,20,21). The monoisotopic (exact) mass is 322 g/mol. The van der Waals surface area contributed by atoms with Gasteiger partial charge in [0.25, 0.3) is 5.91 Å². The van der Waals surface area contributed by atoms with E-state index < -0.39 is 18.4 Å². The fourth-order valence-electron chi connectivity index (χ4n) is 1.88. The van der Waals surface area contributed by atoms with Crippen LogP contribution in [0.3, 0.4) is 0 Å². The number of amides is 1. The number of carbonyl (C=O) groups excluding carboxylic acids is 1. The third-order valence-electron chi connectivity index (χ3n) is 2.83. The van der Waals surface area contributed by atoms with Gasteiger partial charge in [0.2, 0.25) is 5.82 Å². The van der Waals surface area contributed by atoms with Gasteiger partial charge >= 0.3 is 5.97 Å². The van der Waals surface area contributed by atoms with E-state index in [-0.39, 0.29) is 5.82 Å². The molecule has 7 nitrogen and oxygen atoms in total. The molecule has 0 aliphatic heterocycles. The van der Waals surface area contributed by atoms with Crippen molar-refractivity contribution >= 4 is 23.5 Å². The van der Waals surface area contributed by atoms with Gasteiger partial charge in [-0.2, -0.15) is 0 Å². The molecular formula is C14H15ClN4O3. The van der Waals surface area contributed by atoms with E-state index in [9.17, 15) is 9.59 Å². The lowest BCUT2D eigenvalue weighted by molar-refractivity contribution is -0.135. The average Bonchev–Trinajstić information content (AvgIpc) is 2.89. The van der Waals surface area contributed by atoms with Crippen LogP contribution in [-0.2, 0) is 11.2 Å². The Hall–Kier alpha value is -2.41. The summed E-state index contributed by atoms with van der Waals surface area (Å²) in [5.74, 6) is -1.25. The van der Waals surface area contributed by atoms with Crippen LogP contribution >= 0.6 is 11.6 Å². The van der Waals surface area contributed by atoms with Crippen LogP contribution in [0.4, 0.5) is 0 Å². The second-order valence-electron chi connectivity index (χ2n) is 4.54. The molecule has 0 saturated carbocycles. The molecule has 116 valence electrons. The highest BCUT2D eigenvalue weighted by Gasteiger charge is 2.18. The number of aryl methyl sites for hydroxylation is 1. The van der Waals surface area contributed by atoms with Crippen LogP contribution in [0.2, 0.25) is 5.02 Å². The molecule has 0 unspecified atom stereocenters. The molecule has 0 atom stereocenters. The van der Waals surface area contributed by atoms with Gasteiger partial charge in [0.15, 0.2) is 0 Å². The summed E-state index contributed by atoms with van der Waals surface area (Å²) >= 11 is 6.16. The minimum absolute atomic E-state index is 0.0791. The van der Waals surface area contributed by atoms with Crippen LogP contribution in [0, 0.1) is 0 Å². The Balaban J connectivity index is 2.36. The number of para-hydroxylation sites is 1. The third-order valence-corrected chi connectivity index (χ3v) is 3.15. The predicted octanol–water partition coefficient (Wildman–Crippen LogP) is 1.69. The van der Waals surface area contributed by atoms with Crippen LogP contribution in [0.5, 0.6) is 0 Å². The highest BCUT2D eigenvalue weighted by Crippen LogP contribution is 2.21. The number of nitrogens with one attached hydrogen (secondary N) is 1. The van der Waals surface area contributed by atoms with E-state index in [1.807, 2.05) is 13.0 Å². The lowest BCUT2D eigenvalue weighted by atomic mass is 10.3. The second-order valence-corrected chi connectivity index (χ2v) is 4.95. The Kier molecular flexibility index (Phi) is 5.11. The van der Waals surface area contributed by atoms with E-state index in [2.05, 4.69) is 15.4 Å². The normalized spacial score (nSPS) is 10.5. The SMILES string of the molecule is CCCc1nc(C(=O)NCC(=O)O)nn1-c1ccccc1Cl. The maximum atomic E-state index is 11.9. The molecule has 1 heterocycles. The van der Waals surface area contributed by atoms with Crippen LogP contribution in [0.25, 0.3) is 5.69 Å². The van der Waals surface area contributed by atoms with Gasteiger partial charge in [0.1, 0.15) is 12.4 Å². The Labute approximate surface area is 131 Å². The molecule has 1 amide bonds. The average molecular weight is 323 g/mol. The maximum absolute atomic E-state index is 11.9. The van der Waals surface area contributed by atoms with Crippen LogP contribution in [0.15, 0.2) is 24.3 Å². The number of nitrogens with zero attached hydrogens (tertiary/aromatic N) is 3.